The molecule has 0 saturated carbocycles. The van der Waals surface area contributed by atoms with Gasteiger partial charge in [-0.3, -0.25) is 4.79 Å². The van der Waals surface area contributed by atoms with Gasteiger partial charge >= 0.3 is 0 Å². The molecule has 70 valence electrons. The first kappa shape index (κ1) is 10.2. The van der Waals surface area contributed by atoms with Crippen LogP contribution in [0.5, 0.6) is 0 Å². The molecule has 0 N–H and O–H groups in total. The van der Waals surface area contributed by atoms with Crippen molar-refractivity contribution in [1.29, 1.82) is 0 Å². The molecular weight excluding hydrogens is 180 g/mol. The van der Waals surface area contributed by atoms with Crippen molar-refractivity contribution in [1.82, 2.24) is 0 Å². The van der Waals surface area contributed by atoms with Gasteiger partial charge in [-0.2, -0.15) is 0 Å². The molecule has 0 aromatic carbocycles. The lowest BCUT2D eigenvalue weighted by Crippen LogP contribution is -1.95. The molecule has 0 amide bonds. The van der Waals surface area contributed by atoms with E-state index in [-0.39, 0.29) is 5.78 Å². The quantitative estimate of drug-likeness (QED) is 0.673. The second-order valence-electron chi connectivity index (χ2n) is 3.27. The van der Waals surface area contributed by atoms with Crippen LogP contribution in [0.1, 0.15) is 25.1 Å². The van der Waals surface area contributed by atoms with Gasteiger partial charge in [0.25, 0.3) is 0 Å². The van der Waals surface area contributed by atoms with E-state index in [4.69, 9.17) is 0 Å². The first-order chi connectivity index (χ1) is 6.18. The second kappa shape index (κ2) is 4.97. The van der Waals surface area contributed by atoms with E-state index in [1.165, 1.54) is 4.88 Å². The van der Waals surface area contributed by atoms with Crippen LogP contribution in [0.25, 0.3) is 0 Å². The lowest BCUT2D eigenvalue weighted by atomic mass is 10.1. The van der Waals surface area contributed by atoms with Gasteiger partial charge < -0.3 is 0 Å². The number of ketones is 1. The van der Waals surface area contributed by atoms with Crippen LogP contribution in [0.4, 0.5) is 0 Å². The minimum atomic E-state index is 0.230. The summed E-state index contributed by atoms with van der Waals surface area (Å²) in [6, 6.07) is 4.09. The van der Waals surface area contributed by atoms with Crippen molar-refractivity contribution >= 4 is 17.1 Å². The van der Waals surface area contributed by atoms with E-state index in [9.17, 15) is 4.79 Å². The highest BCUT2D eigenvalue weighted by atomic mass is 32.1. The van der Waals surface area contributed by atoms with Crippen LogP contribution in [0, 0.1) is 0 Å². The summed E-state index contributed by atoms with van der Waals surface area (Å²) in [6.45, 7) is 3.89. The van der Waals surface area contributed by atoms with Gasteiger partial charge in [0.05, 0.1) is 0 Å². The van der Waals surface area contributed by atoms with Crippen molar-refractivity contribution in [3.8, 4) is 0 Å². The van der Waals surface area contributed by atoms with E-state index in [1.54, 1.807) is 17.4 Å². The number of allylic oxidation sites excluding steroid dienone is 2. The summed E-state index contributed by atoms with van der Waals surface area (Å²) >= 11 is 1.71. The van der Waals surface area contributed by atoms with Gasteiger partial charge in [0.1, 0.15) is 0 Å². The van der Waals surface area contributed by atoms with E-state index < -0.39 is 0 Å². The summed E-state index contributed by atoms with van der Waals surface area (Å²) in [5, 5.41) is 2.04. The molecule has 0 aliphatic carbocycles. The van der Waals surface area contributed by atoms with Gasteiger partial charge in [-0.25, -0.2) is 0 Å². The van der Waals surface area contributed by atoms with Crippen LogP contribution in [0.2, 0.25) is 0 Å². The summed E-state index contributed by atoms with van der Waals surface area (Å²) in [5.41, 5.74) is 1.08. The normalized spacial score (nSPS) is 9.69. The monoisotopic (exact) mass is 194 g/mol. The van der Waals surface area contributed by atoms with Crippen molar-refractivity contribution in [2.45, 2.75) is 26.7 Å². The maximum atomic E-state index is 11.3. The van der Waals surface area contributed by atoms with Crippen LogP contribution in [-0.4, -0.2) is 5.78 Å². The zero-order chi connectivity index (χ0) is 9.68. The molecule has 0 atom stereocenters. The molecule has 0 radical (unpaired) electrons. The largest absolute Gasteiger partial charge is 0.295 e. The number of rotatable bonds is 4. The summed E-state index contributed by atoms with van der Waals surface area (Å²) in [4.78, 5) is 12.6. The Labute approximate surface area is 83.1 Å². The van der Waals surface area contributed by atoms with Crippen LogP contribution < -0.4 is 0 Å². The van der Waals surface area contributed by atoms with Gasteiger partial charge in [-0.1, -0.05) is 11.6 Å². The highest BCUT2D eigenvalue weighted by Gasteiger charge is 1.99. The highest BCUT2D eigenvalue weighted by molar-refractivity contribution is 7.09. The molecule has 0 saturated heterocycles. The predicted octanol–water partition coefficient (Wildman–Crippen LogP) is 3.22. The molecule has 1 aromatic heterocycles. The zero-order valence-electron chi connectivity index (χ0n) is 8.04. The smallest absolute Gasteiger partial charge is 0.155 e. The lowest BCUT2D eigenvalue weighted by molar-refractivity contribution is -0.114. The first-order valence-electron chi connectivity index (χ1n) is 4.38. The molecule has 1 rings (SSSR count). The first-order valence-corrected chi connectivity index (χ1v) is 5.26. The fourth-order valence-electron chi connectivity index (χ4n) is 1.10. The summed E-state index contributed by atoms with van der Waals surface area (Å²) in [5.74, 6) is 0.230. The molecule has 0 aliphatic rings. The maximum Gasteiger partial charge on any atom is 0.155 e. The van der Waals surface area contributed by atoms with E-state index in [0.29, 0.717) is 6.42 Å². The minimum absolute atomic E-state index is 0.230. The Morgan fingerprint density at radius 2 is 2.31 bits per heavy atom. The van der Waals surface area contributed by atoms with E-state index in [0.717, 1.165) is 12.0 Å². The predicted molar refractivity (Wildman–Crippen MR) is 57.1 cm³/mol. The SMILES string of the molecule is CC(C)=CC(=O)CCc1cccs1. The summed E-state index contributed by atoms with van der Waals surface area (Å²) in [7, 11) is 0. The second-order valence-corrected chi connectivity index (χ2v) is 4.30. The van der Waals surface area contributed by atoms with Crippen molar-refractivity contribution in [3.05, 3.63) is 34.0 Å². The molecule has 13 heavy (non-hydrogen) atoms. The van der Waals surface area contributed by atoms with Crippen LogP contribution in [0.15, 0.2) is 29.2 Å². The Hall–Kier alpha value is -0.890. The van der Waals surface area contributed by atoms with Crippen LogP contribution in [-0.2, 0) is 11.2 Å². The van der Waals surface area contributed by atoms with E-state index in [1.807, 2.05) is 25.3 Å². The van der Waals surface area contributed by atoms with Crippen molar-refractivity contribution in [2.75, 3.05) is 0 Å². The van der Waals surface area contributed by atoms with Crippen molar-refractivity contribution in [2.24, 2.45) is 0 Å². The van der Waals surface area contributed by atoms with Crippen LogP contribution >= 0.6 is 11.3 Å². The Bertz CT molecular complexity index is 292. The Kier molecular flexibility index (Phi) is 3.90. The number of aryl methyl sites for hydroxylation is 1. The van der Waals surface area contributed by atoms with Gasteiger partial charge in [0.15, 0.2) is 5.78 Å². The van der Waals surface area contributed by atoms with E-state index in [2.05, 4.69) is 6.07 Å². The molecule has 0 fully saturated rings. The van der Waals surface area contributed by atoms with Gasteiger partial charge in [0, 0.05) is 11.3 Å². The lowest BCUT2D eigenvalue weighted by Gasteiger charge is -1.94. The third kappa shape index (κ3) is 4.04. The fraction of sp³-hybridized carbons (Fsp3) is 0.364. The Morgan fingerprint density at radius 1 is 1.54 bits per heavy atom. The van der Waals surface area contributed by atoms with Crippen molar-refractivity contribution in [3.63, 3.8) is 0 Å². The Morgan fingerprint density at radius 3 is 2.85 bits per heavy atom. The summed E-state index contributed by atoms with van der Waals surface area (Å²) in [6.07, 6.45) is 3.22. The van der Waals surface area contributed by atoms with Gasteiger partial charge in [0.2, 0.25) is 0 Å². The Balaban J connectivity index is 2.35. The third-order valence-corrected chi connectivity index (χ3v) is 2.58. The average Bonchev–Trinajstić information content (AvgIpc) is 2.51. The highest BCUT2D eigenvalue weighted by Crippen LogP contribution is 2.11. The number of carbonyl (C=O) groups excluding carboxylic acids is 1. The topological polar surface area (TPSA) is 17.1 Å². The summed E-state index contributed by atoms with van der Waals surface area (Å²) < 4.78 is 0. The van der Waals surface area contributed by atoms with E-state index >= 15 is 0 Å². The number of carbonyl (C=O) groups is 1. The van der Waals surface area contributed by atoms with Crippen molar-refractivity contribution < 1.29 is 4.79 Å². The number of hydrogen-bond donors (Lipinski definition) is 0. The number of thiophene rings is 1. The molecule has 2 heteroatoms. The minimum Gasteiger partial charge on any atom is -0.295 e. The maximum absolute atomic E-state index is 11.3. The van der Waals surface area contributed by atoms with Crippen LogP contribution in [0.3, 0.4) is 0 Å². The molecular formula is C11H14OS. The third-order valence-electron chi connectivity index (χ3n) is 1.65. The molecule has 0 bridgehead atoms. The number of hydrogen-bond acceptors (Lipinski definition) is 2. The zero-order valence-corrected chi connectivity index (χ0v) is 8.86. The molecule has 0 aliphatic heterocycles. The standard InChI is InChI=1S/C11H14OS/c1-9(2)8-10(12)5-6-11-4-3-7-13-11/h3-4,7-8H,5-6H2,1-2H3. The van der Waals surface area contributed by atoms with Gasteiger partial charge in [-0.15, -0.1) is 11.3 Å². The fourth-order valence-corrected chi connectivity index (χ4v) is 1.80. The molecule has 1 aromatic rings. The molecule has 1 heterocycles. The molecule has 0 unspecified atom stereocenters. The average molecular weight is 194 g/mol. The van der Waals surface area contributed by atoms with Gasteiger partial charge in [-0.05, 0) is 37.8 Å². The molecule has 0 spiro atoms. The molecule has 1 nitrogen and oxygen atoms in total.